The Bertz CT molecular complexity index is 833. The number of thiazole rings is 1. The standard InChI is InChI=1S/C18H15Cl3N2S/c19-13-3-1-2-12(8-13)6-7-22-11-18-23-10-17(24-18)15-5-4-14(20)9-16(15)21/h1-5,8-10,22H,6-7,11H2. The summed E-state index contributed by atoms with van der Waals surface area (Å²) in [6.45, 7) is 1.60. The SMILES string of the molecule is Clc1cccc(CCNCc2ncc(-c3ccc(Cl)cc3Cl)s2)c1. The van der Waals surface area contributed by atoms with Crippen molar-refractivity contribution >= 4 is 46.1 Å². The van der Waals surface area contributed by atoms with Gasteiger partial charge < -0.3 is 5.32 Å². The molecule has 2 aromatic carbocycles. The highest BCUT2D eigenvalue weighted by molar-refractivity contribution is 7.15. The highest BCUT2D eigenvalue weighted by Gasteiger charge is 2.08. The minimum atomic E-state index is 0.635. The fourth-order valence-electron chi connectivity index (χ4n) is 2.33. The zero-order valence-electron chi connectivity index (χ0n) is 12.7. The Morgan fingerprint density at radius 3 is 2.62 bits per heavy atom. The van der Waals surface area contributed by atoms with E-state index in [2.05, 4.69) is 16.4 Å². The lowest BCUT2D eigenvalue weighted by atomic mass is 10.1. The summed E-state index contributed by atoms with van der Waals surface area (Å²) < 4.78 is 0. The van der Waals surface area contributed by atoms with Crippen molar-refractivity contribution < 1.29 is 0 Å². The molecule has 0 amide bonds. The Morgan fingerprint density at radius 2 is 1.83 bits per heavy atom. The molecule has 6 heteroatoms. The summed E-state index contributed by atoms with van der Waals surface area (Å²) in [5.74, 6) is 0. The Morgan fingerprint density at radius 1 is 1.00 bits per heavy atom. The van der Waals surface area contributed by atoms with Crippen LogP contribution in [0, 0.1) is 0 Å². The normalized spacial score (nSPS) is 11.0. The maximum absolute atomic E-state index is 6.25. The van der Waals surface area contributed by atoms with Crippen molar-refractivity contribution in [2.75, 3.05) is 6.54 Å². The van der Waals surface area contributed by atoms with Crippen LogP contribution in [0.2, 0.25) is 15.1 Å². The highest BCUT2D eigenvalue weighted by atomic mass is 35.5. The van der Waals surface area contributed by atoms with Crippen molar-refractivity contribution in [2.45, 2.75) is 13.0 Å². The van der Waals surface area contributed by atoms with Crippen LogP contribution in [0.1, 0.15) is 10.6 Å². The van der Waals surface area contributed by atoms with E-state index in [9.17, 15) is 0 Å². The fraction of sp³-hybridized carbons (Fsp3) is 0.167. The Balaban J connectivity index is 1.54. The van der Waals surface area contributed by atoms with Gasteiger partial charge in [-0.1, -0.05) is 53.0 Å². The first-order chi connectivity index (χ1) is 11.6. The first kappa shape index (κ1) is 17.7. The van der Waals surface area contributed by atoms with Gasteiger partial charge in [0.15, 0.2) is 0 Å². The Labute approximate surface area is 160 Å². The van der Waals surface area contributed by atoms with Gasteiger partial charge in [-0.15, -0.1) is 11.3 Å². The van der Waals surface area contributed by atoms with Crippen LogP contribution in [0.4, 0.5) is 0 Å². The van der Waals surface area contributed by atoms with Crippen LogP contribution >= 0.6 is 46.1 Å². The van der Waals surface area contributed by atoms with Gasteiger partial charge in [0.25, 0.3) is 0 Å². The summed E-state index contributed by atoms with van der Waals surface area (Å²) in [6.07, 6.45) is 2.79. The first-order valence-corrected chi connectivity index (χ1v) is 9.42. The maximum atomic E-state index is 6.25. The molecule has 3 aromatic rings. The highest BCUT2D eigenvalue weighted by Crippen LogP contribution is 2.33. The second kappa shape index (κ2) is 8.32. The molecule has 3 rings (SSSR count). The van der Waals surface area contributed by atoms with Gasteiger partial charge in [0, 0.05) is 28.4 Å². The average molecular weight is 398 g/mol. The summed E-state index contributed by atoms with van der Waals surface area (Å²) in [5, 5.41) is 6.49. The molecule has 0 aliphatic carbocycles. The van der Waals surface area contributed by atoms with Crippen LogP contribution in [0.3, 0.4) is 0 Å². The van der Waals surface area contributed by atoms with E-state index in [1.165, 1.54) is 5.56 Å². The minimum Gasteiger partial charge on any atom is -0.310 e. The molecule has 0 atom stereocenters. The van der Waals surface area contributed by atoms with Crippen LogP contribution in [0.25, 0.3) is 10.4 Å². The number of benzene rings is 2. The quantitative estimate of drug-likeness (QED) is 0.508. The van der Waals surface area contributed by atoms with Gasteiger partial charge in [0.1, 0.15) is 5.01 Å². The summed E-state index contributed by atoms with van der Waals surface area (Å²) in [6, 6.07) is 13.4. The maximum Gasteiger partial charge on any atom is 0.107 e. The third-order valence-electron chi connectivity index (χ3n) is 3.51. The Hall–Kier alpha value is -1.10. The zero-order chi connectivity index (χ0) is 16.9. The van der Waals surface area contributed by atoms with Crippen LogP contribution < -0.4 is 5.32 Å². The predicted molar refractivity (Wildman–Crippen MR) is 104 cm³/mol. The van der Waals surface area contributed by atoms with Crippen LogP contribution in [0.15, 0.2) is 48.7 Å². The van der Waals surface area contributed by atoms with E-state index < -0.39 is 0 Å². The second-order valence-electron chi connectivity index (χ2n) is 5.30. The molecule has 0 aliphatic heterocycles. The third-order valence-corrected chi connectivity index (χ3v) is 5.32. The molecule has 0 bridgehead atoms. The monoisotopic (exact) mass is 396 g/mol. The zero-order valence-corrected chi connectivity index (χ0v) is 15.8. The Kier molecular flexibility index (Phi) is 6.14. The van der Waals surface area contributed by atoms with Crippen molar-refractivity contribution in [3.63, 3.8) is 0 Å². The van der Waals surface area contributed by atoms with Crippen molar-refractivity contribution in [3.8, 4) is 10.4 Å². The predicted octanol–water partition coefficient (Wildman–Crippen LogP) is 6.10. The number of halogens is 3. The van der Waals surface area contributed by atoms with Gasteiger partial charge in [-0.3, -0.25) is 0 Å². The number of aromatic nitrogens is 1. The van der Waals surface area contributed by atoms with Gasteiger partial charge in [0.05, 0.1) is 9.90 Å². The van der Waals surface area contributed by atoms with E-state index in [-0.39, 0.29) is 0 Å². The molecule has 0 fully saturated rings. The van der Waals surface area contributed by atoms with E-state index in [0.717, 1.165) is 40.0 Å². The molecule has 24 heavy (non-hydrogen) atoms. The number of hydrogen-bond acceptors (Lipinski definition) is 3. The molecule has 0 aliphatic rings. The average Bonchev–Trinajstić information content (AvgIpc) is 3.00. The lowest BCUT2D eigenvalue weighted by Crippen LogP contribution is -2.16. The number of hydrogen-bond donors (Lipinski definition) is 1. The number of rotatable bonds is 6. The number of nitrogens with one attached hydrogen (secondary N) is 1. The van der Waals surface area contributed by atoms with Crippen LogP contribution in [0.5, 0.6) is 0 Å². The summed E-state index contributed by atoms with van der Waals surface area (Å²) in [4.78, 5) is 5.50. The van der Waals surface area contributed by atoms with Gasteiger partial charge >= 0.3 is 0 Å². The van der Waals surface area contributed by atoms with E-state index in [1.807, 2.05) is 36.5 Å². The molecular formula is C18H15Cl3N2S. The second-order valence-corrected chi connectivity index (χ2v) is 7.69. The number of nitrogens with zero attached hydrogens (tertiary/aromatic N) is 1. The van der Waals surface area contributed by atoms with Crippen molar-refractivity contribution in [3.05, 3.63) is 74.3 Å². The molecule has 1 aromatic heterocycles. The van der Waals surface area contributed by atoms with Gasteiger partial charge in [-0.25, -0.2) is 4.98 Å². The topological polar surface area (TPSA) is 24.9 Å². The fourth-order valence-corrected chi connectivity index (χ4v) is 4.03. The molecule has 1 heterocycles. The van der Waals surface area contributed by atoms with Crippen LogP contribution in [-0.4, -0.2) is 11.5 Å². The van der Waals surface area contributed by atoms with Gasteiger partial charge in [-0.05, 0) is 42.8 Å². The van der Waals surface area contributed by atoms with Gasteiger partial charge in [-0.2, -0.15) is 0 Å². The van der Waals surface area contributed by atoms with E-state index >= 15 is 0 Å². The van der Waals surface area contributed by atoms with Crippen LogP contribution in [-0.2, 0) is 13.0 Å². The largest absolute Gasteiger partial charge is 0.310 e. The van der Waals surface area contributed by atoms with E-state index in [4.69, 9.17) is 34.8 Å². The summed E-state index contributed by atoms with van der Waals surface area (Å²) >= 11 is 19.8. The molecular weight excluding hydrogens is 383 g/mol. The summed E-state index contributed by atoms with van der Waals surface area (Å²) in [5.41, 5.74) is 2.19. The molecule has 1 N–H and O–H groups in total. The summed E-state index contributed by atoms with van der Waals surface area (Å²) in [7, 11) is 0. The molecule has 0 saturated heterocycles. The molecule has 2 nitrogen and oxygen atoms in total. The van der Waals surface area contributed by atoms with E-state index in [0.29, 0.717) is 10.0 Å². The molecule has 0 spiro atoms. The van der Waals surface area contributed by atoms with E-state index in [1.54, 1.807) is 17.4 Å². The molecule has 0 unspecified atom stereocenters. The third kappa shape index (κ3) is 4.71. The van der Waals surface area contributed by atoms with Gasteiger partial charge in [0.2, 0.25) is 0 Å². The minimum absolute atomic E-state index is 0.635. The lowest BCUT2D eigenvalue weighted by molar-refractivity contribution is 0.684. The van der Waals surface area contributed by atoms with Crippen molar-refractivity contribution in [1.82, 2.24) is 10.3 Å². The lowest BCUT2D eigenvalue weighted by Gasteiger charge is -2.03. The molecule has 0 radical (unpaired) electrons. The first-order valence-electron chi connectivity index (χ1n) is 7.47. The van der Waals surface area contributed by atoms with Crippen molar-refractivity contribution in [2.24, 2.45) is 0 Å². The molecule has 124 valence electrons. The molecule has 0 saturated carbocycles. The van der Waals surface area contributed by atoms with Crippen molar-refractivity contribution in [1.29, 1.82) is 0 Å². The smallest absolute Gasteiger partial charge is 0.107 e.